The van der Waals surface area contributed by atoms with Crippen LogP contribution in [0.5, 0.6) is 0 Å². The molecule has 2 aliphatic rings. The van der Waals surface area contributed by atoms with Crippen LogP contribution in [0.25, 0.3) is 5.69 Å². The zero-order valence-electron chi connectivity index (χ0n) is 16.5. The normalized spacial score (nSPS) is 20.9. The van der Waals surface area contributed by atoms with Crippen molar-refractivity contribution in [3.05, 3.63) is 52.4 Å². The smallest absolute Gasteiger partial charge is 0.471 e. The average Bonchev–Trinajstić information content (AvgIpc) is 3.48. The largest absolute Gasteiger partial charge is 0.479 e. The first-order valence-electron chi connectivity index (χ1n) is 9.74. The number of carbonyl (C=O) groups is 2. The van der Waals surface area contributed by atoms with Gasteiger partial charge in [-0.25, -0.2) is 9.48 Å². The molecule has 2 fully saturated rings. The summed E-state index contributed by atoms with van der Waals surface area (Å²) < 4.78 is 43.6. The number of nitrogens with zero attached hydrogens (tertiary/aromatic N) is 2. The fraction of sp³-hybridized carbons (Fsp3) is 0.450. The number of ether oxygens (including phenoxy) is 1. The molecule has 11 heteroatoms. The van der Waals surface area contributed by atoms with Gasteiger partial charge in [0.05, 0.1) is 5.69 Å². The maximum Gasteiger partial charge on any atom is 0.471 e. The molecule has 2 N–H and O–H groups in total. The lowest BCUT2D eigenvalue weighted by atomic mass is 10.1. The Balaban J connectivity index is 0.000000287. The standard InChI is InChI=1S/C15H14F3N3O2.C5H8O3/c16-15(17,18)14(23)20-7-6-10(9-20)12-8-13(22)21(19-12)11-4-2-1-3-5-11;6-5(7)4-2-1-3-8-4/h1-5,8,10,19H,6-7,9H2;4H,1-3H2,(H,6,7). The Kier molecular flexibility index (Phi) is 6.84. The van der Waals surface area contributed by atoms with Crippen LogP contribution in [0.1, 0.15) is 30.9 Å². The number of hydrogen-bond donors (Lipinski definition) is 2. The fourth-order valence-corrected chi connectivity index (χ4v) is 3.54. The summed E-state index contributed by atoms with van der Waals surface area (Å²) in [5, 5.41) is 11.2. The lowest BCUT2D eigenvalue weighted by Gasteiger charge is -2.17. The Morgan fingerprint density at radius 1 is 1.16 bits per heavy atom. The monoisotopic (exact) mass is 441 g/mol. The van der Waals surface area contributed by atoms with Crippen molar-refractivity contribution in [2.45, 2.75) is 37.5 Å². The number of para-hydroxylation sites is 1. The van der Waals surface area contributed by atoms with Crippen molar-refractivity contribution in [2.24, 2.45) is 0 Å². The first-order chi connectivity index (χ1) is 14.7. The second-order valence-electron chi connectivity index (χ2n) is 7.30. The highest BCUT2D eigenvalue weighted by molar-refractivity contribution is 5.82. The fourth-order valence-electron chi connectivity index (χ4n) is 3.54. The number of likely N-dealkylation sites (tertiary alicyclic amines) is 1. The predicted molar refractivity (Wildman–Crippen MR) is 103 cm³/mol. The molecule has 2 atom stereocenters. The molecule has 0 radical (unpaired) electrons. The summed E-state index contributed by atoms with van der Waals surface area (Å²) in [6.45, 7) is 0.589. The van der Waals surface area contributed by atoms with E-state index in [4.69, 9.17) is 9.84 Å². The molecule has 31 heavy (non-hydrogen) atoms. The lowest BCUT2D eigenvalue weighted by molar-refractivity contribution is -0.184. The summed E-state index contributed by atoms with van der Waals surface area (Å²) in [7, 11) is 0. The third-order valence-electron chi connectivity index (χ3n) is 5.12. The number of nitrogens with one attached hydrogen (secondary N) is 1. The van der Waals surface area contributed by atoms with Gasteiger partial charge in [0, 0.05) is 37.4 Å². The SMILES string of the molecule is O=C(N1CCC(c2cc(=O)n(-c3ccccc3)[nH]2)C1)C(F)(F)F.O=C(O)C1CCCO1. The predicted octanol–water partition coefficient (Wildman–Crippen LogP) is 2.29. The van der Waals surface area contributed by atoms with Gasteiger partial charge in [0.15, 0.2) is 6.10 Å². The number of amides is 1. The molecule has 1 aromatic heterocycles. The zero-order chi connectivity index (χ0) is 22.6. The summed E-state index contributed by atoms with van der Waals surface area (Å²) >= 11 is 0. The van der Waals surface area contributed by atoms with E-state index in [0.29, 0.717) is 30.8 Å². The molecule has 3 heterocycles. The van der Waals surface area contributed by atoms with Crippen LogP contribution >= 0.6 is 0 Å². The van der Waals surface area contributed by atoms with Crippen LogP contribution in [0.2, 0.25) is 0 Å². The maximum absolute atomic E-state index is 12.5. The number of carbonyl (C=O) groups excluding carboxylic acids is 1. The van der Waals surface area contributed by atoms with Gasteiger partial charge < -0.3 is 14.7 Å². The van der Waals surface area contributed by atoms with E-state index in [1.165, 1.54) is 10.7 Å². The number of alkyl halides is 3. The quantitative estimate of drug-likeness (QED) is 0.761. The average molecular weight is 441 g/mol. The summed E-state index contributed by atoms with van der Waals surface area (Å²) in [6.07, 6.45) is -3.43. The van der Waals surface area contributed by atoms with Crippen LogP contribution in [0, 0.1) is 0 Å². The third kappa shape index (κ3) is 5.54. The van der Waals surface area contributed by atoms with Crippen LogP contribution in [0.4, 0.5) is 13.2 Å². The van der Waals surface area contributed by atoms with E-state index in [0.717, 1.165) is 11.3 Å². The van der Waals surface area contributed by atoms with Crippen molar-refractivity contribution in [1.29, 1.82) is 0 Å². The number of carboxylic acids is 1. The molecule has 2 unspecified atom stereocenters. The number of hydrogen-bond acceptors (Lipinski definition) is 4. The van der Waals surface area contributed by atoms with Gasteiger partial charge in [-0.2, -0.15) is 13.2 Å². The summed E-state index contributed by atoms with van der Waals surface area (Å²) in [5.41, 5.74) is 0.896. The lowest BCUT2D eigenvalue weighted by Crippen LogP contribution is -2.39. The van der Waals surface area contributed by atoms with Crippen molar-refractivity contribution < 1.29 is 32.6 Å². The zero-order valence-corrected chi connectivity index (χ0v) is 16.5. The van der Waals surface area contributed by atoms with Crippen LogP contribution in [-0.4, -0.2) is 63.6 Å². The van der Waals surface area contributed by atoms with Gasteiger partial charge in [-0.15, -0.1) is 0 Å². The number of carboxylic acid groups (broad SMARTS) is 1. The van der Waals surface area contributed by atoms with E-state index >= 15 is 0 Å². The molecule has 0 spiro atoms. The molecule has 1 amide bonds. The maximum atomic E-state index is 12.5. The first kappa shape index (κ1) is 22.6. The van der Waals surface area contributed by atoms with Crippen LogP contribution in [-0.2, 0) is 14.3 Å². The molecule has 2 aromatic rings. The van der Waals surface area contributed by atoms with Crippen LogP contribution in [0.15, 0.2) is 41.2 Å². The molecule has 8 nitrogen and oxygen atoms in total. The minimum Gasteiger partial charge on any atom is -0.479 e. The van der Waals surface area contributed by atoms with Gasteiger partial charge in [0.1, 0.15) is 0 Å². The molecule has 0 bridgehead atoms. The molecular formula is C20H22F3N3O5. The van der Waals surface area contributed by atoms with E-state index in [2.05, 4.69) is 5.10 Å². The van der Waals surface area contributed by atoms with Crippen molar-refractivity contribution in [3.63, 3.8) is 0 Å². The van der Waals surface area contributed by atoms with E-state index < -0.39 is 24.2 Å². The summed E-state index contributed by atoms with van der Waals surface area (Å²) in [5.74, 6) is -2.97. The van der Waals surface area contributed by atoms with Gasteiger partial charge in [-0.1, -0.05) is 18.2 Å². The van der Waals surface area contributed by atoms with Crippen LogP contribution < -0.4 is 5.56 Å². The van der Waals surface area contributed by atoms with Crippen molar-refractivity contribution in [3.8, 4) is 5.69 Å². The Labute approximate surface area is 175 Å². The molecule has 0 aliphatic carbocycles. The Hall–Kier alpha value is -3.08. The van der Waals surface area contributed by atoms with E-state index in [1.54, 1.807) is 24.3 Å². The number of benzene rings is 1. The highest BCUT2D eigenvalue weighted by Crippen LogP contribution is 2.29. The van der Waals surface area contributed by atoms with Gasteiger partial charge in [0.2, 0.25) is 0 Å². The molecular weight excluding hydrogens is 419 g/mol. The number of halogens is 3. The Morgan fingerprint density at radius 2 is 1.87 bits per heavy atom. The minimum atomic E-state index is -4.86. The summed E-state index contributed by atoms with van der Waals surface area (Å²) in [4.78, 5) is 34.2. The van der Waals surface area contributed by atoms with Gasteiger partial charge in [-0.05, 0) is 31.4 Å². The van der Waals surface area contributed by atoms with Crippen molar-refractivity contribution in [1.82, 2.24) is 14.7 Å². The highest BCUT2D eigenvalue weighted by Gasteiger charge is 2.44. The number of aliphatic carboxylic acids is 1. The molecule has 2 saturated heterocycles. The van der Waals surface area contributed by atoms with E-state index in [-0.39, 0.29) is 24.6 Å². The van der Waals surface area contributed by atoms with E-state index in [9.17, 15) is 27.6 Å². The van der Waals surface area contributed by atoms with E-state index in [1.807, 2.05) is 6.07 Å². The van der Waals surface area contributed by atoms with Crippen molar-refractivity contribution >= 4 is 11.9 Å². The Morgan fingerprint density at radius 3 is 2.42 bits per heavy atom. The minimum absolute atomic E-state index is 0.0293. The molecule has 168 valence electrons. The van der Waals surface area contributed by atoms with Gasteiger partial charge in [0.25, 0.3) is 5.56 Å². The second kappa shape index (κ2) is 9.38. The highest BCUT2D eigenvalue weighted by atomic mass is 19.4. The number of H-pyrrole nitrogens is 1. The molecule has 1 aromatic carbocycles. The van der Waals surface area contributed by atoms with Crippen molar-refractivity contribution in [2.75, 3.05) is 19.7 Å². The van der Waals surface area contributed by atoms with Gasteiger partial charge >= 0.3 is 18.1 Å². The topological polar surface area (TPSA) is 105 Å². The third-order valence-corrected chi connectivity index (χ3v) is 5.12. The number of aromatic amines is 1. The number of aromatic nitrogens is 2. The molecule has 0 saturated carbocycles. The van der Waals surface area contributed by atoms with Crippen LogP contribution in [0.3, 0.4) is 0 Å². The molecule has 2 aliphatic heterocycles. The Bertz CT molecular complexity index is 964. The first-order valence-corrected chi connectivity index (χ1v) is 9.74. The second-order valence-corrected chi connectivity index (χ2v) is 7.30. The molecule has 4 rings (SSSR count). The van der Waals surface area contributed by atoms with Gasteiger partial charge in [-0.3, -0.25) is 14.7 Å². The number of rotatable bonds is 3. The summed E-state index contributed by atoms with van der Waals surface area (Å²) in [6, 6.07) is 10.2.